The number of hydrogen-bond donors (Lipinski definition) is 1. The van der Waals surface area contributed by atoms with Crippen molar-refractivity contribution in [3.05, 3.63) is 0 Å². The molecule has 0 atom stereocenters. The van der Waals surface area contributed by atoms with Gasteiger partial charge < -0.3 is 9.84 Å². The monoisotopic (exact) mass is 224 g/mol. The third-order valence-corrected chi connectivity index (χ3v) is 1.70. The van der Waals surface area contributed by atoms with E-state index in [1.165, 1.54) is 0 Å². The van der Waals surface area contributed by atoms with Gasteiger partial charge in [0.05, 0.1) is 12.5 Å². The molecule has 0 fully saturated rings. The van der Waals surface area contributed by atoms with Gasteiger partial charge in [-0.1, -0.05) is 13.8 Å². The molecule has 0 aromatic rings. The van der Waals surface area contributed by atoms with Crippen molar-refractivity contribution in [3.63, 3.8) is 0 Å². The molecule has 0 saturated carbocycles. The number of aliphatic carboxylic acids is 1. The average Bonchev–Trinajstić information content (AvgIpc) is 2.06. The summed E-state index contributed by atoms with van der Waals surface area (Å²) in [6, 6.07) is 0. The van der Waals surface area contributed by atoms with E-state index in [0.717, 1.165) is 12.8 Å². The predicted octanol–water partition coefficient (Wildman–Crippen LogP) is 2.89. The van der Waals surface area contributed by atoms with Crippen molar-refractivity contribution in [2.24, 2.45) is 5.92 Å². The second-order valence-electron chi connectivity index (χ2n) is 2.52. The van der Waals surface area contributed by atoms with Crippen LogP contribution in [0.4, 0.5) is 4.79 Å². The molecule has 0 saturated heterocycles. The first kappa shape index (κ1) is 15.7. The van der Waals surface area contributed by atoms with E-state index in [4.69, 9.17) is 16.7 Å². The maximum Gasteiger partial charge on any atom is 0.403 e. The van der Waals surface area contributed by atoms with Crippen LogP contribution in [0.15, 0.2) is 0 Å². The molecule has 84 valence electrons. The fourth-order valence-corrected chi connectivity index (χ4v) is 0.861. The van der Waals surface area contributed by atoms with Crippen LogP contribution >= 0.6 is 11.6 Å². The minimum Gasteiger partial charge on any atom is -0.481 e. The van der Waals surface area contributed by atoms with Crippen molar-refractivity contribution in [2.45, 2.75) is 33.6 Å². The van der Waals surface area contributed by atoms with Crippen molar-refractivity contribution >= 4 is 23.0 Å². The van der Waals surface area contributed by atoms with Crippen LogP contribution in [0.3, 0.4) is 0 Å². The summed E-state index contributed by atoms with van der Waals surface area (Å²) >= 11 is 4.72. The van der Waals surface area contributed by atoms with Gasteiger partial charge in [0.15, 0.2) is 0 Å². The molecule has 0 aliphatic rings. The molecule has 0 bridgehead atoms. The molecule has 0 rings (SSSR count). The normalized spacial score (nSPS) is 8.93. The summed E-state index contributed by atoms with van der Waals surface area (Å²) in [6.07, 6.45) is 1.48. The molecule has 14 heavy (non-hydrogen) atoms. The van der Waals surface area contributed by atoms with Gasteiger partial charge >= 0.3 is 11.4 Å². The highest BCUT2D eigenvalue weighted by Crippen LogP contribution is 2.05. The molecule has 1 N–H and O–H groups in total. The van der Waals surface area contributed by atoms with Gasteiger partial charge in [0, 0.05) is 11.6 Å². The molecule has 0 unspecified atom stereocenters. The van der Waals surface area contributed by atoms with Crippen LogP contribution in [0, 0.1) is 5.92 Å². The minimum absolute atomic E-state index is 0.130. The van der Waals surface area contributed by atoms with Gasteiger partial charge in [0.25, 0.3) is 0 Å². The van der Waals surface area contributed by atoms with Gasteiger partial charge in [-0.25, -0.2) is 4.79 Å². The van der Waals surface area contributed by atoms with Crippen LogP contribution in [-0.2, 0) is 9.53 Å². The lowest BCUT2D eigenvalue weighted by molar-refractivity contribution is -0.141. The molecule has 0 aromatic heterocycles. The van der Waals surface area contributed by atoms with Crippen LogP contribution in [-0.4, -0.2) is 23.1 Å². The Morgan fingerprint density at radius 3 is 1.71 bits per heavy atom. The summed E-state index contributed by atoms with van der Waals surface area (Å²) < 4.78 is 4.17. The largest absolute Gasteiger partial charge is 0.481 e. The van der Waals surface area contributed by atoms with Crippen LogP contribution in [0.2, 0.25) is 0 Å². The molecule has 0 aromatic carbocycles. The van der Waals surface area contributed by atoms with Crippen LogP contribution < -0.4 is 0 Å². The Labute approximate surface area is 89.2 Å². The third-order valence-electron chi connectivity index (χ3n) is 1.59. The summed E-state index contributed by atoms with van der Waals surface area (Å²) in [7, 11) is 0. The summed E-state index contributed by atoms with van der Waals surface area (Å²) in [5.74, 6) is -0.801. The smallest absolute Gasteiger partial charge is 0.403 e. The number of carbonyl (C=O) groups is 2. The molecule has 0 spiro atoms. The van der Waals surface area contributed by atoms with E-state index >= 15 is 0 Å². The highest BCUT2D eigenvalue weighted by atomic mass is 35.5. The number of halogens is 1. The van der Waals surface area contributed by atoms with Gasteiger partial charge in [-0.15, -0.1) is 0 Å². The first-order valence-electron chi connectivity index (χ1n) is 4.54. The van der Waals surface area contributed by atoms with Gasteiger partial charge in [-0.3, -0.25) is 4.79 Å². The fourth-order valence-electron chi connectivity index (χ4n) is 0.751. The first-order valence-corrected chi connectivity index (χ1v) is 4.92. The molecule has 0 aliphatic carbocycles. The molecule has 0 amide bonds. The third kappa shape index (κ3) is 11.2. The Hall–Kier alpha value is -0.770. The summed E-state index contributed by atoms with van der Waals surface area (Å²) in [5.41, 5.74) is -0.738. The van der Waals surface area contributed by atoms with E-state index in [9.17, 15) is 9.59 Å². The Morgan fingerprint density at radius 2 is 1.71 bits per heavy atom. The number of carboxylic acid groups (broad SMARTS) is 1. The maximum atomic E-state index is 10.2. The Bertz CT molecular complexity index is 166. The highest BCUT2D eigenvalue weighted by Gasteiger charge is 2.10. The summed E-state index contributed by atoms with van der Waals surface area (Å²) in [6.45, 7) is 5.83. The van der Waals surface area contributed by atoms with Gasteiger partial charge in [-0.05, 0) is 19.8 Å². The van der Waals surface area contributed by atoms with Gasteiger partial charge in [0.2, 0.25) is 0 Å². The van der Waals surface area contributed by atoms with Gasteiger partial charge in [0.1, 0.15) is 0 Å². The summed E-state index contributed by atoms with van der Waals surface area (Å²) in [4.78, 5) is 19.7. The van der Waals surface area contributed by atoms with E-state index in [0.29, 0.717) is 6.61 Å². The first-order chi connectivity index (χ1) is 6.49. The lowest BCUT2D eigenvalue weighted by Gasteiger charge is -2.02. The predicted molar refractivity (Wildman–Crippen MR) is 54.6 cm³/mol. The Morgan fingerprint density at radius 1 is 1.29 bits per heavy atom. The topological polar surface area (TPSA) is 63.6 Å². The average molecular weight is 225 g/mol. The lowest BCUT2D eigenvalue weighted by Crippen LogP contribution is -2.10. The zero-order chi connectivity index (χ0) is 11.6. The number of carboxylic acids is 1. The van der Waals surface area contributed by atoms with Crippen molar-refractivity contribution in [2.75, 3.05) is 6.61 Å². The SMILES string of the molecule is CCC(CC)C(=O)O.CCOC(=O)Cl. The number of carbonyl (C=O) groups excluding carboxylic acids is 1. The Kier molecular flexibility index (Phi) is 11.6. The lowest BCUT2D eigenvalue weighted by atomic mass is 10.1. The summed E-state index contributed by atoms with van der Waals surface area (Å²) in [5, 5.41) is 8.37. The highest BCUT2D eigenvalue weighted by molar-refractivity contribution is 6.61. The minimum atomic E-state index is -0.738. The number of rotatable bonds is 4. The second-order valence-corrected chi connectivity index (χ2v) is 2.83. The molecule has 4 nitrogen and oxygen atoms in total. The molecular weight excluding hydrogens is 208 g/mol. The zero-order valence-corrected chi connectivity index (χ0v) is 9.50. The van der Waals surface area contributed by atoms with Crippen LogP contribution in [0.5, 0.6) is 0 Å². The number of ether oxygens (including phenoxy) is 1. The standard InChI is InChI=1S/C6H12O2.C3H5ClO2/c1-3-5(4-2)6(7)8;1-2-6-3(4)5/h5H,3-4H2,1-2H3,(H,7,8);2H2,1H3. The van der Waals surface area contributed by atoms with E-state index in [-0.39, 0.29) is 5.92 Å². The maximum absolute atomic E-state index is 10.2. The van der Waals surface area contributed by atoms with Crippen molar-refractivity contribution in [1.82, 2.24) is 0 Å². The Balaban J connectivity index is 0. The van der Waals surface area contributed by atoms with E-state index in [1.807, 2.05) is 13.8 Å². The van der Waals surface area contributed by atoms with Crippen molar-refractivity contribution in [3.8, 4) is 0 Å². The van der Waals surface area contributed by atoms with E-state index < -0.39 is 11.4 Å². The van der Waals surface area contributed by atoms with Crippen LogP contribution in [0.25, 0.3) is 0 Å². The van der Waals surface area contributed by atoms with Crippen LogP contribution in [0.1, 0.15) is 33.6 Å². The van der Waals surface area contributed by atoms with E-state index in [1.54, 1.807) is 6.92 Å². The second kappa shape index (κ2) is 10.3. The molecule has 5 heteroatoms. The van der Waals surface area contributed by atoms with E-state index in [2.05, 4.69) is 4.74 Å². The molecule has 0 heterocycles. The van der Waals surface area contributed by atoms with Crippen molar-refractivity contribution in [1.29, 1.82) is 0 Å². The zero-order valence-electron chi connectivity index (χ0n) is 8.75. The van der Waals surface area contributed by atoms with Crippen molar-refractivity contribution < 1.29 is 19.4 Å². The fraction of sp³-hybridized carbons (Fsp3) is 0.778. The number of hydrogen-bond acceptors (Lipinski definition) is 3. The quantitative estimate of drug-likeness (QED) is 0.746. The molecular formula is C9H17ClO4. The van der Waals surface area contributed by atoms with Gasteiger partial charge in [-0.2, -0.15) is 0 Å². The molecule has 0 radical (unpaired) electrons. The molecule has 0 aliphatic heterocycles.